The molecular formula is C10H12N2O3S. The minimum absolute atomic E-state index is 0.224. The van der Waals surface area contributed by atoms with Gasteiger partial charge in [-0.25, -0.2) is 9.78 Å². The van der Waals surface area contributed by atoms with Gasteiger partial charge in [0.25, 0.3) is 0 Å². The van der Waals surface area contributed by atoms with Crippen LogP contribution < -0.4 is 5.32 Å². The number of hydrogen-bond acceptors (Lipinski definition) is 5. The van der Waals surface area contributed by atoms with Crippen LogP contribution in [0.5, 0.6) is 0 Å². The van der Waals surface area contributed by atoms with Crippen molar-refractivity contribution in [1.82, 2.24) is 10.3 Å². The van der Waals surface area contributed by atoms with Crippen LogP contribution in [-0.2, 0) is 9.53 Å². The lowest BCUT2D eigenvalue weighted by molar-refractivity contribution is -0.117. The molecule has 0 aliphatic carbocycles. The van der Waals surface area contributed by atoms with Gasteiger partial charge in [0.1, 0.15) is 9.88 Å². The van der Waals surface area contributed by atoms with E-state index in [0.29, 0.717) is 22.2 Å². The first-order valence-electron chi connectivity index (χ1n) is 4.64. The van der Waals surface area contributed by atoms with Crippen LogP contribution in [0.2, 0.25) is 0 Å². The highest BCUT2D eigenvalue weighted by Crippen LogP contribution is 2.18. The summed E-state index contributed by atoms with van der Waals surface area (Å²) in [6.45, 7) is 7.08. The van der Waals surface area contributed by atoms with Crippen LogP contribution in [0.3, 0.4) is 0 Å². The second kappa shape index (κ2) is 5.41. The summed E-state index contributed by atoms with van der Waals surface area (Å²) in [6, 6.07) is 0. The molecule has 1 aromatic heterocycles. The van der Waals surface area contributed by atoms with Crippen LogP contribution in [0, 0.1) is 0 Å². The summed E-state index contributed by atoms with van der Waals surface area (Å²) in [5, 5.41) is 3.00. The number of rotatable bonds is 4. The van der Waals surface area contributed by atoms with Gasteiger partial charge in [-0.1, -0.05) is 6.58 Å². The van der Waals surface area contributed by atoms with Crippen molar-refractivity contribution in [2.24, 2.45) is 0 Å². The lowest BCUT2D eigenvalue weighted by Gasteiger charge is -2.00. The van der Waals surface area contributed by atoms with Crippen LogP contribution in [0.25, 0.3) is 5.70 Å². The Hall–Kier alpha value is -1.69. The first-order valence-corrected chi connectivity index (χ1v) is 5.46. The zero-order valence-electron chi connectivity index (χ0n) is 9.07. The van der Waals surface area contributed by atoms with Gasteiger partial charge in [0.05, 0.1) is 18.5 Å². The number of ether oxygens (including phenoxy) is 1. The largest absolute Gasteiger partial charge is 0.462 e. The highest BCUT2D eigenvalue weighted by atomic mass is 32.1. The molecule has 16 heavy (non-hydrogen) atoms. The summed E-state index contributed by atoms with van der Waals surface area (Å²) in [7, 11) is 0. The average Bonchev–Trinajstić information content (AvgIpc) is 2.65. The maximum Gasteiger partial charge on any atom is 0.349 e. The summed E-state index contributed by atoms with van der Waals surface area (Å²) in [6.07, 6.45) is 1.41. The molecular weight excluding hydrogens is 228 g/mol. The molecule has 0 saturated heterocycles. The van der Waals surface area contributed by atoms with Crippen LogP contribution in [-0.4, -0.2) is 23.5 Å². The third kappa shape index (κ3) is 3.16. The van der Waals surface area contributed by atoms with Crippen molar-refractivity contribution in [2.75, 3.05) is 6.61 Å². The second-order valence-electron chi connectivity index (χ2n) is 2.91. The number of nitrogens with one attached hydrogen (secondary N) is 1. The smallest absolute Gasteiger partial charge is 0.349 e. The number of thiazole rings is 1. The molecule has 6 heteroatoms. The molecule has 1 N–H and O–H groups in total. The summed E-state index contributed by atoms with van der Waals surface area (Å²) >= 11 is 1.13. The van der Waals surface area contributed by atoms with E-state index in [1.54, 1.807) is 6.92 Å². The average molecular weight is 240 g/mol. The van der Waals surface area contributed by atoms with Crippen molar-refractivity contribution < 1.29 is 14.3 Å². The minimum atomic E-state index is -0.415. The molecule has 1 rings (SSSR count). The first kappa shape index (κ1) is 12.4. The van der Waals surface area contributed by atoms with Gasteiger partial charge in [-0.2, -0.15) is 0 Å². The molecule has 86 valence electrons. The van der Waals surface area contributed by atoms with E-state index in [2.05, 4.69) is 16.9 Å². The lowest BCUT2D eigenvalue weighted by Crippen LogP contribution is -2.16. The molecule has 0 spiro atoms. The van der Waals surface area contributed by atoms with Gasteiger partial charge in [-0.05, 0) is 6.92 Å². The molecule has 0 atom stereocenters. The van der Waals surface area contributed by atoms with E-state index in [1.807, 2.05) is 0 Å². The fraction of sp³-hybridized carbons (Fsp3) is 0.300. The van der Waals surface area contributed by atoms with E-state index in [4.69, 9.17) is 4.74 Å². The molecule has 0 aromatic carbocycles. The van der Waals surface area contributed by atoms with Gasteiger partial charge in [-0.15, -0.1) is 11.3 Å². The summed E-state index contributed by atoms with van der Waals surface area (Å²) in [5.41, 5.74) is 0.382. The van der Waals surface area contributed by atoms with Crippen LogP contribution in [0.1, 0.15) is 28.5 Å². The van der Waals surface area contributed by atoms with Crippen LogP contribution in [0.4, 0.5) is 0 Å². The quantitative estimate of drug-likeness (QED) is 0.808. The Balaban J connectivity index is 2.74. The Bertz CT molecular complexity index is 425. The van der Waals surface area contributed by atoms with Gasteiger partial charge in [0.15, 0.2) is 0 Å². The minimum Gasteiger partial charge on any atom is -0.462 e. The molecule has 1 aromatic rings. The molecule has 1 heterocycles. The fourth-order valence-corrected chi connectivity index (χ4v) is 1.71. The van der Waals surface area contributed by atoms with E-state index in [1.165, 1.54) is 13.1 Å². The number of hydrogen-bond donors (Lipinski definition) is 1. The topological polar surface area (TPSA) is 68.3 Å². The zero-order chi connectivity index (χ0) is 12.1. The van der Waals surface area contributed by atoms with Crippen LogP contribution in [0.15, 0.2) is 12.8 Å². The van der Waals surface area contributed by atoms with Crippen molar-refractivity contribution in [3.63, 3.8) is 0 Å². The Kier molecular flexibility index (Phi) is 4.19. The van der Waals surface area contributed by atoms with Gasteiger partial charge >= 0.3 is 5.97 Å². The molecule has 0 aliphatic rings. The van der Waals surface area contributed by atoms with E-state index < -0.39 is 5.97 Å². The van der Waals surface area contributed by atoms with Gasteiger partial charge in [0.2, 0.25) is 5.91 Å². The highest BCUT2D eigenvalue weighted by molar-refractivity contribution is 7.14. The zero-order valence-corrected chi connectivity index (χ0v) is 9.89. The highest BCUT2D eigenvalue weighted by Gasteiger charge is 2.13. The fourth-order valence-electron chi connectivity index (χ4n) is 0.976. The Morgan fingerprint density at radius 1 is 1.62 bits per heavy atom. The molecule has 0 unspecified atom stereocenters. The first-order chi connectivity index (χ1) is 7.54. The second-order valence-corrected chi connectivity index (χ2v) is 3.94. The van der Waals surface area contributed by atoms with E-state index in [0.717, 1.165) is 11.3 Å². The summed E-state index contributed by atoms with van der Waals surface area (Å²) < 4.78 is 4.82. The number of carbonyl (C=O) groups excluding carboxylic acids is 2. The van der Waals surface area contributed by atoms with Crippen molar-refractivity contribution >= 4 is 28.9 Å². The maximum absolute atomic E-state index is 11.3. The number of amides is 1. The Labute approximate surface area is 97.1 Å². The van der Waals surface area contributed by atoms with E-state index in [9.17, 15) is 9.59 Å². The van der Waals surface area contributed by atoms with Crippen molar-refractivity contribution in [3.8, 4) is 0 Å². The molecule has 0 fully saturated rings. The monoisotopic (exact) mass is 240 g/mol. The van der Waals surface area contributed by atoms with Gasteiger partial charge in [0, 0.05) is 6.92 Å². The van der Waals surface area contributed by atoms with Crippen molar-refractivity contribution in [2.45, 2.75) is 13.8 Å². The van der Waals surface area contributed by atoms with E-state index in [-0.39, 0.29) is 5.91 Å². The molecule has 0 radical (unpaired) electrons. The number of esters is 1. The summed E-state index contributed by atoms with van der Waals surface area (Å²) in [5.74, 6) is -0.639. The molecule has 0 bridgehead atoms. The summed E-state index contributed by atoms with van der Waals surface area (Å²) in [4.78, 5) is 26.5. The molecule has 1 amide bonds. The number of aromatic nitrogens is 1. The maximum atomic E-state index is 11.3. The number of nitrogens with zero attached hydrogens (tertiary/aromatic N) is 1. The van der Waals surface area contributed by atoms with Crippen LogP contribution >= 0.6 is 11.3 Å². The number of carbonyl (C=O) groups is 2. The molecule has 0 aliphatic heterocycles. The lowest BCUT2D eigenvalue weighted by atomic mass is 10.5. The predicted octanol–water partition coefficient (Wildman–Crippen LogP) is 1.43. The molecule has 0 saturated carbocycles. The van der Waals surface area contributed by atoms with Crippen molar-refractivity contribution in [3.05, 3.63) is 22.7 Å². The Morgan fingerprint density at radius 3 is 2.88 bits per heavy atom. The normalized spacial score (nSPS) is 9.62. The third-order valence-corrected chi connectivity index (χ3v) is 2.60. The SMILES string of the molecule is C=C(NC(C)=O)c1ncc(C(=O)OCC)s1. The van der Waals surface area contributed by atoms with Gasteiger partial charge < -0.3 is 10.1 Å². The Morgan fingerprint density at radius 2 is 2.31 bits per heavy atom. The van der Waals surface area contributed by atoms with E-state index >= 15 is 0 Å². The molecule has 5 nitrogen and oxygen atoms in total. The standard InChI is InChI=1S/C10H12N2O3S/c1-4-15-10(14)8-5-11-9(16-8)6(2)12-7(3)13/h5H,2,4H2,1,3H3,(H,12,13). The third-order valence-electron chi connectivity index (χ3n) is 1.57. The predicted molar refractivity (Wildman–Crippen MR) is 60.9 cm³/mol. The van der Waals surface area contributed by atoms with Crippen molar-refractivity contribution in [1.29, 1.82) is 0 Å². The van der Waals surface area contributed by atoms with Gasteiger partial charge in [-0.3, -0.25) is 4.79 Å².